The Balaban J connectivity index is 2.34. The number of carbonyl (C=O) groups is 1. The second-order valence-corrected chi connectivity index (χ2v) is 5.11. The number of aromatic carboxylic acids is 1. The van der Waals surface area contributed by atoms with Crippen LogP contribution in [-0.2, 0) is 0 Å². The zero-order valence-corrected chi connectivity index (χ0v) is 12.0. The SMILES string of the molecule is [C-]#[N+]c1cc(Cl)ccc1-c1nccc2ccc(C(=O)O)cc12. The predicted molar refractivity (Wildman–Crippen MR) is 85.4 cm³/mol. The van der Waals surface area contributed by atoms with Crippen molar-refractivity contribution < 1.29 is 9.90 Å². The van der Waals surface area contributed by atoms with Gasteiger partial charge in [-0.2, -0.15) is 0 Å². The van der Waals surface area contributed by atoms with Gasteiger partial charge in [0.05, 0.1) is 17.8 Å². The van der Waals surface area contributed by atoms with Crippen molar-refractivity contribution in [1.82, 2.24) is 4.98 Å². The van der Waals surface area contributed by atoms with E-state index in [1.807, 2.05) is 0 Å². The average Bonchev–Trinajstić information content (AvgIpc) is 2.53. The molecule has 5 heteroatoms. The number of carboxylic acids is 1. The van der Waals surface area contributed by atoms with Gasteiger partial charge in [0.15, 0.2) is 5.69 Å². The highest BCUT2D eigenvalue weighted by atomic mass is 35.5. The second-order valence-electron chi connectivity index (χ2n) is 4.67. The Kier molecular flexibility index (Phi) is 3.50. The smallest absolute Gasteiger partial charge is 0.335 e. The molecule has 0 aliphatic rings. The predicted octanol–water partition coefficient (Wildman–Crippen LogP) is 4.80. The quantitative estimate of drug-likeness (QED) is 0.692. The number of halogens is 1. The molecule has 22 heavy (non-hydrogen) atoms. The Morgan fingerprint density at radius 2 is 2.00 bits per heavy atom. The van der Waals surface area contributed by atoms with Crippen molar-refractivity contribution in [1.29, 1.82) is 0 Å². The number of hydrogen-bond acceptors (Lipinski definition) is 2. The van der Waals surface area contributed by atoms with Gasteiger partial charge in [-0.05, 0) is 35.7 Å². The van der Waals surface area contributed by atoms with Crippen molar-refractivity contribution in [3.63, 3.8) is 0 Å². The fraction of sp³-hybridized carbons (Fsp3) is 0. The second kappa shape index (κ2) is 5.47. The van der Waals surface area contributed by atoms with Crippen LogP contribution < -0.4 is 0 Å². The van der Waals surface area contributed by atoms with E-state index in [1.54, 1.807) is 48.7 Å². The monoisotopic (exact) mass is 308 g/mol. The van der Waals surface area contributed by atoms with Crippen LogP contribution in [0.3, 0.4) is 0 Å². The number of pyridine rings is 1. The lowest BCUT2D eigenvalue weighted by Gasteiger charge is -2.09. The molecule has 106 valence electrons. The molecular formula is C17H9ClN2O2. The van der Waals surface area contributed by atoms with E-state index in [9.17, 15) is 4.79 Å². The van der Waals surface area contributed by atoms with Crippen LogP contribution in [0.15, 0.2) is 48.7 Å². The van der Waals surface area contributed by atoms with Gasteiger partial charge in [-0.25, -0.2) is 9.64 Å². The Morgan fingerprint density at radius 3 is 2.73 bits per heavy atom. The van der Waals surface area contributed by atoms with Gasteiger partial charge < -0.3 is 5.11 Å². The van der Waals surface area contributed by atoms with Gasteiger partial charge in [0, 0.05) is 22.2 Å². The Bertz CT molecular complexity index is 945. The summed E-state index contributed by atoms with van der Waals surface area (Å²) in [5, 5.41) is 11.2. The molecule has 0 atom stereocenters. The zero-order valence-electron chi connectivity index (χ0n) is 11.2. The van der Waals surface area contributed by atoms with E-state index in [2.05, 4.69) is 9.83 Å². The summed E-state index contributed by atoms with van der Waals surface area (Å²) in [5.41, 5.74) is 1.77. The molecule has 1 N–H and O–H groups in total. The molecule has 0 saturated carbocycles. The fourth-order valence-corrected chi connectivity index (χ4v) is 2.48. The lowest BCUT2D eigenvalue weighted by atomic mass is 10.0. The molecule has 3 rings (SSSR count). The number of aromatic nitrogens is 1. The minimum Gasteiger partial charge on any atom is -0.478 e. The number of rotatable bonds is 2. The largest absolute Gasteiger partial charge is 0.478 e. The average molecular weight is 309 g/mol. The van der Waals surface area contributed by atoms with Crippen LogP contribution >= 0.6 is 11.6 Å². The highest BCUT2D eigenvalue weighted by Gasteiger charge is 2.12. The lowest BCUT2D eigenvalue weighted by molar-refractivity contribution is 0.0697. The zero-order chi connectivity index (χ0) is 15.7. The maximum absolute atomic E-state index is 11.2. The number of nitrogens with zero attached hydrogens (tertiary/aromatic N) is 2. The third-order valence-corrected chi connectivity index (χ3v) is 3.58. The summed E-state index contributed by atoms with van der Waals surface area (Å²) in [5.74, 6) is -1.00. The van der Waals surface area contributed by atoms with Gasteiger partial charge in [0.2, 0.25) is 0 Å². The van der Waals surface area contributed by atoms with Crippen LogP contribution in [0, 0.1) is 6.57 Å². The van der Waals surface area contributed by atoms with Crippen LogP contribution in [0.25, 0.3) is 26.9 Å². The molecule has 0 fully saturated rings. The molecule has 0 unspecified atom stereocenters. The third-order valence-electron chi connectivity index (χ3n) is 3.35. The van der Waals surface area contributed by atoms with Crippen LogP contribution in [0.2, 0.25) is 5.02 Å². The molecule has 0 bridgehead atoms. The maximum Gasteiger partial charge on any atom is 0.335 e. The Hall–Kier alpha value is -2.90. The third kappa shape index (κ3) is 2.39. The molecule has 0 radical (unpaired) electrons. The highest BCUT2D eigenvalue weighted by molar-refractivity contribution is 6.31. The molecule has 2 aromatic carbocycles. The standard InChI is InChI=1S/C17H9ClN2O2/c1-19-15-9-12(18)4-5-13(15)16-14-8-11(17(21)22)3-2-10(14)6-7-20-16/h2-9H,(H,21,22). The maximum atomic E-state index is 11.2. The van der Waals surface area contributed by atoms with Crippen molar-refractivity contribution in [2.45, 2.75) is 0 Å². The minimum atomic E-state index is -1.00. The van der Waals surface area contributed by atoms with E-state index in [0.717, 1.165) is 5.39 Å². The number of fused-ring (bicyclic) bond motifs is 1. The van der Waals surface area contributed by atoms with E-state index in [0.29, 0.717) is 27.4 Å². The van der Waals surface area contributed by atoms with Crippen LogP contribution in [0.4, 0.5) is 5.69 Å². The lowest BCUT2D eigenvalue weighted by Crippen LogP contribution is -1.96. The first kappa shape index (κ1) is 14.1. The van der Waals surface area contributed by atoms with Gasteiger partial charge >= 0.3 is 5.97 Å². The number of carboxylic acid groups (broad SMARTS) is 1. The van der Waals surface area contributed by atoms with E-state index in [4.69, 9.17) is 23.3 Å². The Labute approximate surface area is 131 Å². The summed E-state index contributed by atoms with van der Waals surface area (Å²) in [6.45, 7) is 7.29. The number of benzene rings is 2. The van der Waals surface area contributed by atoms with Crippen LogP contribution in [0.5, 0.6) is 0 Å². The van der Waals surface area contributed by atoms with Crippen molar-refractivity contribution >= 4 is 34.0 Å². The highest BCUT2D eigenvalue weighted by Crippen LogP contribution is 2.35. The van der Waals surface area contributed by atoms with E-state index in [1.165, 1.54) is 0 Å². The molecule has 0 aliphatic heterocycles. The van der Waals surface area contributed by atoms with Gasteiger partial charge in [-0.3, -0.25) is 4.98 Å². The first-order valence-electron chi connectivity index (χ1n) is 6.39. The van der Waals surface area contributed by atoms with Crippen LogP contribution in [0.1, 0.15) is 10.4 Å². The van der Waals surface area contributed by atoms with Crippen molar-refractivity contribution in [3.05, 3.63) is 70.7 Å². The molecule has 0 aliphatic carbocycles. The first-order valence-corrected chi connectivity index (χ1v) is 6.77. The van der Waals surface area contributed by atoms with Gasteiger partial charge in [0.25, 0.3) is 0 Å². The van der Waals surface area contributed by atoms with Gasteiger partial charge in [-0.15, -0.1) is 0 Å². The minimum absolute atomic E-state index is 0.181. The molecule has 3 aromatic rings. The normalized spacial score (nSPS) is 10.4. The van der Waals surface area contributed by atoms with Crippen molar-refractivity contribution in [2.75, 3.05) is 0 Å². The van der Waals surface area contributed by atoms with E-state index < -0.39 is 5.97 Å². The fourth-order valence-electron chi connectivity index (χ4n) is 2.31. The summed E-state index contributed by atoms with van der Waals surface area (Å²) < 4.78 is 0. The summed E-state index contributed by atoms with van der Waals surface area (Å²) in [4.78, 5) is 19.0. The molecule has 0 saturated heterocycles. The van der Waals surface area contributed by atoms with E-state index in [-0.39, 0.29) is 5.56 Å². The topological polar surface area (TPSA) is 54.5 Å². The van der Waals surface area contributed by atoms with Gasteiger partial charge in [-0.1, -0.05) is 23.7 Å². The van der Waals surface area contributed by atoms with Crippen LogP contribution in [-0.4, -0.2) is 16.1 Å². The molecule has 1 aromatic heterocycles. The van der Waals surface area contributed by atoms with Crippen molar-refractivity contribution in [3.8, 4) is 11.3 Å². The summed E-state index contributed by atoms with van der Waals surface area (Å²) in [7, 11) is 0. The molecule has 0 spiro atoms. The summed E-state index contributed by atoms with van der Waals surface area (Å²) >= 11 is 5.93. The summed E-state index contributed by atoms with van der Waals surface area (Å²) in [6.07, 6.45) is 1.64. The Morgan fingerprint density at radius 1 is 1.18 bits per heavy atom. The van der Waals surface area contributed by atoms with E-state index >= 15 is 0 Å². The molecular weight excluding hydrogens is 300 g/mol. The van der Waals surface area contributed by atoms with Gasteiger partial charge in [0.1, 0.15) is 0 Å². The molecule has 4 nitrogen and oxygen atoms in total. The summed E-state index contributed by atoms with van der Waals surface area (Å²) in [6, 6.07) is 11.6. The molecule has 0 amide bonds. The first-order chi connectivity index (χ1) is 10.6. The van der Waals surface area contributed by atoms with Crippen molar-refractivity contribution in [2.24, 2.45) is 0 Å². The molecule has 1 heterocycles. The number of hydrogen-bond donors (Lipinski definition) is 1.